The van der Waals surface area contributed by atoms with Gasteiger partial charge in [0.1, 0.15) is 11.6 Å². The number of nitrogens with two attached hydrogens (primary N) is 1. The summed E-state index contributed by atoms with van der Waals surface area (Å²) in [7, 11) is 0. The molecule has 6 heteroatoms. The number of halogens is 1. The molecule has 0 aliphatic heterocycles. The summed E-state index contributed by atoms with van der Waals surface area (Å²) in [6.45, 7) is 0.482. The molecule has 0 fully saturated rings. The number of hydrogen-bond acceptors (Lipinski definition) is 3. The van der Waals surface area contributed by atoms with Crippen LogP contribution in [0.15, 0.2) is 30.6 Å². The Bertz CT molecular complexity index is 554. The molecular weight excluding hydrogens is 247 g/mol. The first kappa shape index (κ1) is 13.1. The van der Waals surface area contributed by atoms with Gasteiger partial charge < -0.3 is 16.0 Å². The van der Waals surface area contributed by atoms with E-state index in [1.807, 2.05) is 0 Å². The molecule has 0 bridgehead atoms. The molecule has 0 atom stereocenters. The van der Waals surface area contributed by atoms with Crippen molar-refractivity contribution in [3.8, 4) is 0 Å². The molecule has 19 heavy (non-hydrogen) atoms. The van der Waals surface area contributed by atoms with Gasteiger partial charge in [0.05, 0.1) is 11.3 Å². The summed E-state index contributed by atoms with van der Waals surface area (Å²) in [4.78, 5) is 18.9. The minimum Gasteiger partial charge on any atom is -0.396 e. The minimum absolute atomic E-state index is 0.119. The number of H-pyrrole nitrogens is 1. The molecule has 0 unspecified atom stereocenters. The van der Waals surface area contributed by atoms with Gasteiger partial charge in [0.2, 0.25) is 0 Å². The van der Waals surface area contributed by atoms with Gasteiger partial charge in [0.15, 0.2) is 0 Å². The SMILES string of the molecule is Nc1c(F)cccc1C(=O)NCCCc1ncc[nH]1. The van der Waals surface area contributed by atoms with Crippen LogP contribution in [0.2, 0.25) is 0 Å². The van der Waals surface area contributed by atoms with Gasteiger partial charge in [-0.1, -0.05) is 6.07 Å². The monoisotopic (exact) mass is 262 g/mol. The molecule has 1 amide bonds. The second kappa shape index (κ2) is 5.99. The molecular formula is C13H15FN4O. The van der Waals surface area contributed by atoms with Crippen molar-refractivity contribution < 1.29 is 9.18 Å². The lowest BCUT2D eigenvalue weighted by atomic mass is 10.1. The number of nitrogens with zero attached hydrogens (tertiary/aromatic N) is 1. The molecule has 0 saturated heterocycles. The summed E-state index contributed by atoms with van der Waals surface area (Å²) in [5.41, 5.74) is 5.56. The van der Waals surface area contributed by atoms with Crippen LogP contribution in [-0.4, -0.2) is 22.4 Å². The molecule has 0 aliphatic rings. The molecule has 1 heterocycles. The second-order valence-electron chi connectivity index (χ2n) is 4.10. The van der Waals surface area contributed by atoms with Crippen molar-refractivity contribution in [1.29, 1.82) is 0 Å². The average molecular weight is 262 g/mol. The van der Waals surface area contributed by atoms with Crippen LogP contribution in [0.5, 0.6) is 0 Å². The van der Waals surface area contributed by atoms with Gasteiger partial charge in [-0.15, -0.1) is 0 Å². The number of para-hydroxylation sites is 1. The third kappa shape index (κ3) is 3.31. The maximum atomic E-state index is 13.2. The first-order valence-electron chi connectivity index (χ1n) is 5.99. The number of aromatic amines is 1. The van der Waals surface area contributed by atoms with E-state index in [1.165, 1.54) is 18.2 Å². The fourth-order valence-corrected chi connectivity index (χ4v) is 1.72. The smallest absolute Gasteiger partial charge is 0.253 e. The standard InChI is InChI=1S/C13H15FN4O/c14-10-4-1-3-9(12(10)15)13(19)18-6-2-5-11-16-7-8-17-11/h1,3-4,7-8H,2,5-6,15H2,(H,16,17)(H,18,19). The predicted molar refractivity (Wildman–Crippen MR) is 70.1 cm³/mol. The first-order chi connectivity index (χ1) is 9.18. The molecule has 2 rings (SSSR count). The number of imidazole rings is 1. The highest BCUT2D eigenvalue weighted by atomic mass is 19.1. The summed E-state index contributed by atoms with van der Waals surface area (Å²) in [6, 6.07) is 4.19. The van der Waals surface area contributed by atoms with E-state index in [9.17, 15) is 9.18 Å². The third-order valence-corrected chi connectivity index (χ3v) is 2.73. The summed E-state index contributed by atoms with van der Waals surface area (Å²) in [5.74, 6) is -0.0702. The van der Waals surface area contributed by atoms with Gasteiger partial charge in [-0.25, -0.2) is 9.37 Å². The predicted octanol–water partition coefficient (Wildman–Crippen LogP) is 1.49. The van der Waals surface area contributed by atoms with Gasteiger partial charge in [0.25, 0.3) is 5.91 Å². The van der Waals surface area contributed by atoms with E-state index in [0.717, 1.165) is 18.7 Å². The maximum Gasteiger partial charge on any atom is 0.253 e. The summed E-state index contributed by atoms with van der Waals surface area (Å²) in [6.07, 6.45) is 4.92. The highest BCUT2D eigenvalue weighted by Crippen LogP contribution is 2.15. The molecule has 4 N–H and O–H groups in total. The fourth-order valence-electron chi connectivity index (χ4n) is 1.72. The van der Waals surface area contributed by atoms with E-state index in [4.69, 9.17) is 5.73 Å². The molecule has 100 valence electrons. The van der Waals surface area contributed by atoms with Crippen LogP contribution in [0, 0.1) is 5.82 Å². The van der Waals surface area contributed by atoms with E-state index < -0.39 is 5.82 Å². The second-order valence-corrected chi connectivity index (χ2v) is 4.10. The number of rotatable bonds is 5. The van der Waals surface area contributed by atoms with Crippen LogP contribution in [0.3, 0.4) is 0 Å². The molecule has 0 radical (unpaired) electrons. The zero-order valence-corrected chi connectivity index (χ0v) is 10.3. The lowest BCUT2D eigenvalue weighted by molar-refractivity contribution is 0.0953. The number of carbonyl (C=O) groups excluding carboxylic acids is 1. The van der Waals surface area contributed by atoms with E-state index in [0.29, 0.717) is 6.54 Å². The quantitative estimate of drug-likeness (QED) is 0.564. The average Bonchev–Trinajstić information content (AvgIpc) is 2.91. The van der Waals surface area contributed by atoms with Crippen molar-refractivity contribution >= 4 is 11.6 Å². The van der Waals surface area contributed by atoms with Crippen molar-refractivity contribution in [2.24, 2.45) is 0 Å². The van der Waals surface area contributed by atoms with Crippen molar-refractivity contribution in [2.45, 2.75) is 12.8 Å². The number of benzene rings is 1. The van der Waals surface area contributed by atoms with Crippen LogP contribution >= 0.6 is 0 Å². The van der Waals surface area contributed by atoms with Crippen molar-refractivity contribution in [3.63, 3.8) is 0 Å². The summed E-state index contributed by atoms with van der Waals surface area (Å²) >= 11 is 0. The van der Waals surface area contributed by atoms with Crippen LogP contribution in [0.1, 0.15) is 22.6 Å². The summed E-state index contributed by atoms with van der Waals surface area (Å²) in [5, 5.41) is 2.70. The van der Waals surface area contributed by atoms with Gasteiger partial charge in [-0.2, -0.15) is 0 Å². The molecule has 0 aliphatic carbocycles. The maximum absolute atomic E-state index is 13.2. The molecule has 1 aromatic carbocycles. The number of amides is 1. The Labute approximate surface area is 110 Å². The van der Waals surface area contributed by atoms with Crippen LogP contribution in [0.4, 0.5) is 10.1 Å². The van der Waals surface area contributed by atoms with Crippen LogP contribution < -0.4 is 11.1 Å². The highest BCUT2D eigenvalue weighted by Gasteiger charge is 2.11. The van der Waals surface area contributed by atoms with Gasteiger partial charge in [-0.05, 0) is 18.6 Å². The highest BCUT2D eigenvalue weighted by molar-refractivity contribution is 5.99. The Kier molecular flexibility index (Phi) is 4.12. The largest absolute Gasteiger partial charge is 0.396 e. The van der Waals surface area contributed by atoms with Crippen molar-refractivity contribution in [2.75, 3.05) is 12.3 Å². The van der Waals surface area contributed by atoms with E-state index in [-0.39, 0.29) is 17.2 Å². The van der Waals surface area contributed by atoms with Crippen molar-refractivity contribution in [3.05, 3.63) is 47.8 Å². The lowest BCUT2D eigenvalue weighted by Gasteiger charge is -2.07. The molecule has 5 nitrogen and oxygen atoms in total. The number of anilines is 1. The van der Waals surface area contributed by atoms with Crippen LogP contribution in [-0.2, 0) is 6.42 Å². The zero-order chi connectivity index (χ0) is 13.7. The Balaban J connectivity index is 1.83. The molecule has 1 aromatic heterocycles. The molecule has 0 saturated carbocycles. The van der Waals surface area contributed by atoms with Crippen molar-refractivity contribution in [1.82, 2.24) is 15.3 Å². The zero-order valence-electron chi connectivity index (χ0n) is 10.3. The lowest BCUT2D eigenvalue weighted by Crippen LogP contribution is -2.26. The Morgan fingerprint density at radius 1 is 1.47 bits per heavy atom. The Morgan fingerprint density at radius 3 is 3.05 bits per heavy atom. The number of aryl methyl sites for hydroxylation is 1. The van der Waals surface area contributed by atoms with Crippen LogP contribution in [0.25, 0.3) is 0 Å². The van der Waals surface area contributed by atoms with Gasteiger partial charge in [-0.3, -0.25) is 4.79 Å². The number of nitrogen functional groups attached to an aromatic ring is 1. The van der Waals surface area contributed by atoms with E-state index in [1.54, 1.807) is 12.4 Å². The van der Waals surface area contributed by atoms with Gasteiger partial charge >= 0.3 is 0 Å². The third-order valence-electron chi connectivity index (χ3n) is 2.73. The molecule has 2 aromatic rings. The van der Waals surface area contributed by atoms with E-state index >= 15 is 0 Å². The van der Waals surface area contributed by atoms with Gasteiger partial charge in [0, 0.05) is 25.4 Å². The summed E-state index contributed by atoms with van der Waals surface area (Å²) < 4.78 is 13.2. The van der Waals surface area contributed by atoms with E-state index in [2.05, 4.69) is 15.3 Å². The number of aromatic nitrogens is 2. The first-order valence-corrected chi connectivity index (χ1v) is 5.99. The fraction of sp³-hybridized carbons (Fsp3) is 0.231. The topological polar surface area (TPSA) is 83.8 Å². The minimum atomic E-state index is -0.580. The molecule has 0 spiro atoms. The number of nitrogens with one attached hydrogen (secondary N) is 2. The normalized spacial score (nSPS) is 10.4. The number of carbonyl (C=O) groups is 1. The Morgan fingerprint density at radius 2 is 2.32 bits per heavy atom. The Hall–Kier alpha value is -2.37. The number of hydrogen-bond donors (Lipinski definition) is 3.